The van der Waals surface area contributed by atoms with Crippen LogP contribution in [0.4, 0.5) is 5.69 Å². The molecule has 0 saturated heterocycles. The van der Waals surface area contributed by atoms with Gasteiger partial charge < -0.3 is 4.98 Å². The van der Waals surface area contributed by atoms with Crippen LogP contribution in [0, 0.1) is 22.7 Å². The van der Waals surface area contributed by atoms with Gasteiger partial charge in [0.15, 0.2) is 5.03 Å². The van der Waals surface area contributed by atoms with Crippen LogP contribution in [0.15, 0.2) is 29.4 Å². The lowest BCUT2D eigenvalue weighted by Gasteiger charge is -2.06. The number of aromatic nitrogens is 2. The van der Waals surface area contributed by atoms with Gasteiger partial charge in [-0.25, -0.2) is 4.98 Å². The number of nitriles is 2. The summed E-state index contributed by atoms with van der Waals surface area (Å²) in [4.78, 5) is 6.63. The van der Waals surface area contributed by atoms with E-state index in [-0.39, 0.29) is 21.8 Å². The van der Waals surface area contributed by atoms with Crippen molar-refractivity contribution in [3.05, 3.63) is 41.3 Å². The Morgan fingerprint density at radius 1 is 1.29 bits per heavy atom. The van der Waals surface area contributed by atoms with E-state index < -0.39 is 10.0 Å². The van der Waals surface area contributed by atoms with Gasteiger partial charge in [0.1, 0.15) is 18.0 Å². The quantitative estimate of drug-likeness (QED) is 0.886. The summed E-state index contributed by atoms with van der Waals surface area (Å²) in [6.45, 7) is 1.85. The predicted octanol–water partition coefficient (Wildman–Crippen LogP) is 1.52. The topological polar surface area (TPSA) is 122 Å². The highest BCUT2D eigenvalue weighted by Crippen LogP contribution is 2.18. The average molecular weight is 301 g/mol. The zero-order valence-electron chi connectivity index (χ0n) is 11.1. The third kappa shape index (κ3) is 3.02. The molecule has 0 aliphatic carbocycles. The number of aryl methyl sites for hydroxylation is 1. The fourth-order valence-corrected chi connectivity index (χ4v) is 2.66. The molecule has 0 atom stereocenters. The van der Waals surface area contributed by atoms with Crippen molar-refractivity contribution >= 4 is 15.7 Å². The van der Waals surface area contributed by atoms with E-state index in [0.29, 0.717) is 12.2 Å². The number of rotatable bonds is 4. The molecule has 0 amide bonds. The Bertz CT molecular complexity index is 855. The number of hydrogen-bond donors (Lipinski definition) is 2. The fraction of sp³-hybridized carbons (Fsp3) is 0.154. The first-order chi connectivity index (χ1) is 10.00. The van der Waals surface area contributed by atoms with Crippen molar-refractivity contribution in [3.63, 3.8) is 0 Å². The van der Waals surface area contributed by atoms with Gasteiger partial charge in [0.25, 0.3) is 10.0 Å². The Balaban J connectivity index is 2.33. The Morgan fingerprint density at radius 2 is 2.00 bits per heavy atom. The summed E-state index contributed by atoms with van der Waals surface area (Å²) in [6, 6.07) is 7.84. The second-order valence-electron chi connectivity index (χ2n) is 4.14. The van der Waals surface area contributed by atoms with Gasteiger partial charge >= 0.3 is 0 Å². The summed E-state index contributed by atoms with van der Waals surface area (Å²) < 4.78 is 26.6. The Labute approximate surface area is 121 Å². The molecule has 0 bridgehead atoms. The van der Waals surface area contributed by atoms with Crippen molar-refractivity contribution in [1.29, 1.82) is 10.5 Å². The molecule has 0 aliphatic heterocycles. The number of benzene rings is 1. The molecule has 0 unspecified atom stereocenters. The smallest absolute Gasteiger partial charge is 0.278 e. The molecule has 2 rings (SSSR count). The first kappa shape index (κ1) is 14.6. The van der Waals surface area contributed by atoms with E-state index in [0.717, 1.165) is 0 Å². The normalized spacial score (nSPS) is 10.6. The van der Waals surface area contributed by atoms with Gasteiger partial charge in [-0.05, 0) is 18.2 Å². The van der Waals surface area contributed by atoms with E-state index in [4.69, 9.17) is 10.5 Å². The van der Waals surface area contributed by atoms with Crippen LogP contribution in [0.25, 0.3) is 0 Å². The molecule has 1 heterocycles. The highest BCUT2D eigenvalue weighted by molar-refractivity contribution is 7.92. The van der Waals surface area contributed by atoms with Gasteiger partial charge in [-0.2, -0.15) is 18.9 Å². The van der Waals surface area contributed by atoms with Crippen molar-refractivity contribution in [2.24, 2.45) is 0 Å². The molecule has 2 N–H and O–H groups in total. The van der Waals surface area contributed by atoms with Crippen molar-refractivity contribution in [2.75, 3.05) is 4.72 Å². The van der Waals surface area contributed by atoms with Gasteiger partial charge in [0, 0.05) is 6.42 Å². The van der Waals surface area contributed by atoms with Crippen LogP contribution in [-0.4, -0.2) is 18.4 Å². The molecule has 0 aliphatic rings. The molecule has 106 valence electrons. The maximum absolute atomic E-state index is 12.2. The van der Waals surface area contributed by atoms with E-state index in [1.165, 1.54) is 24.4 Å². The average Bonchev–Trinajstić information content (AvgIpc) is 2.96. The Kier molecular flexibility index (Phi) is 3.92. The number of H-pyrrole nitrogens is 1. The van der Waals surface area contributed by atoms with E-state index in [2.05, 4.69) is 14.7 Å². The highest BCUT2D eigenvalue weighted by atomic mass is 32.2. The van der Waals surface area contributed by atoms with Gasteiger partial charge in [-0.15, -0.1) is 0 Å². The number of aromatic amines is 1. The largest absolute Gasteiger partial charge is 0.332 e. The lowest BCUT2D eigenvalue weighted by Crippen LogP contribution is -2.13. The molecule has 1 aromatic carbocycles. The number of nitrogens with one attached hydrogen (secondary N) is 2. The summed E-state index contributed by atoms with van der Waals surface area (Å²) in [6.07, 6.45) is 1.82. The second kappa shape index (κ2) is 5.65. The lowest BCUT2D eigenvalue weighted by molar-refractivity contribution is 0.598. The minimum Gasteiger partial charge on any atom is -0.332 e. The number of sulfonamides is 1. The second-order valence-corrected chi connectivity index (χ2v) is 5.79. The van der Waals surface area contributed by atoms with Gasteiger partial charge in [0.05, 0.1) is 23.0 Å². The van der Waals surface area contributed by atoms with Crippen LogP contribution < -0.4 is 4.72 Å². The van der Waals surface area contributed by atoms with E-state index in [9.17, 15) is 8.42 Å². The first-order valence-corrected chi connectivity index (χ1v) is 7.49. The molecule has 0 spiro atoms. The molecule has 0 saturated carbocycles. The summed E-state index contributed by atoms with van der Waals surface area (Å²) in [5.74, 6) is 0.563. The molecule has 21 heavy (non-hydrogen) atoms. The molecular formula is C13H11N5O2S. The van der Waals surface area contributed by atoms with Crippen LogP contribution >= 0.6 is 0 Å². The Hall–Kier alpha value is -2.84. The maximum atomic E-state index is 12.2. The summed E-state index contributed by atoms with van der Waals surface area (Å²) >= 11 is 0. The standard InChI is InChI=1S/C13H11N5O2S/c1-2-12-16-8-13(17-12)21(19,20)18-11-4-3-9(6-14)10(5-11)7-15/h3-5,8,18H,2H2,1H3,(H,16,17). The molecule has 7 nitrogen and oxygen atoms in total. The van der Waals surface area contributed by atoms with Crippen LogP contribution in [0.3, 0.4) is 0 Å². The molecule has 0 radical (unpaired) electrons. The van der Waals surface area contributed by atoms with Gasteiger partial charge in [-0.3, -0.25) is 4.72 Å². The van der Waals surface area contributed by atoms with Crippen LogP contribution in [0.5, 0.6) is 0 Å². The van der Waals surface area contributed by atoms with Crippen molar-refractivity contribution in [1.82, 2.24) is 9.97 Å². The minimum absolute atomic E-state index is 0.0535. The minimum atomic E-state index is -3.81. The number of nitrogens with zero attached hydrogens (tertiary/aromatic N) is 3. The van der Waals surface area contributed by atoms with E-state index >= 15 is 0 Å². The van der Waals surface area contributed by atoms with Crippen molar-refractivity contribution in [3.8, 4) is 12.1 Å². The van der Waals surface area contributed by atoms with Crippen LogP contribution in [-0.2, 0) is 16.4 Å². The molecular weight excluding hydrogens is 290 g/mol. The van der Waals surface area contributed by atoms with Gasteiger partial charge in [-0.1, -0.05) is 6.92 Å². The van der Waals surface area contributed by atoms with Crippen LogP contribution in [0.2, 0.25) is 0 Å². The molecule has 1 aromatic heterocycles. The highest BCUT2D eigenvalue weighted by Gasteiger charge is 2.17. The third-order valence-electron chi connectivity index (χ3n) is 2.74. The molecule has 8 heteroatoms. The molecule has 2 aromatic rings. The number of hydrogen-bond acceptors (Lipinski definition) is 5. The van der Waals surface area contributed by atoms with Gasteiger partial charge in [0.2, 0.25) is 0 Å². The van der Waals surface area contributed by atoms with Crippen molar-refractivity contribution in [2.45, 2.75) is 18.4 Å². The molecule has 0 fully saturated rings. The van der Waals surface area contributed by atoms with E-state index in [1.54, 1.807) is 0 Å². The lowest BCUT2D eigenvalue weighted by atomic mass is 10.1. The third-order valence-corrected chi connectivity index (χ3v) is 4.03. The zero-order valence-corrected chi connectivity index (χ0v) is 11.9. The van der Waals surface area contributed by atoms with E-state index in [1.807, 2.05) is 19.1 Å². The number of imidazole rings is 1. The zero-order chi connectivity index (χ0) is 15.5. The summed E-state index contributed by atoms with van der Waals surface area (Å²) in [5.41, 5.74) is 0.505. The number of anilines is 1. The monoisotopic (exact) mass is 301 g/mol. The summed E-state index contributed by atoms with van der Waals surface area (Å²) in [5, 5.41) is 17.7. The van der Waals surface area contributed by atoms with Crippen molar-refractivity contribution < 1.29 is 8.42 Å². The first-order valence-electron chi connectivity index (χ1n) is 6.01. The fourth-order valence-electron chi connectivity index (χ4n) is 1.67. The maximum Gasteiger partial charge on any atom is 0.278 e. The summed E-state index contributed by atoms with van der Waals surface area (Å²) in [7, 11) is -3.81. The van der Waals surface area contributed by atoms with Crippen LogP contribution in [0.1, 0.15) is 23.9 Å². The Morgan fingerprint density at radius 3 is 2.57 bits per heavy atom. The predicted molar refractivity (Wildman–Crippen MR) is 74.6 cm³/mol. The SMILES string of the molecule is CCc1ncc(S(=O)(=O)Nc2ccc(C#N)c(C#N)c2)[nH]1.